The number of anilines is 3. The molecular weight excluding hydrogens is 243 g/mol. The van der Waals surface area contributed by atoms with Gasteiger partial charge >= 0.3 is 0 Å². The quantitative estimate of drug-likeness (QED) is 0.821. The van der Waals surface area contributed by atoms with E-state index in [1.807, 2.05) is 38.1 Å². The molecule has 0 bridgehead atoms. The smallest absolute Gasteiger partial charge is 0.167 e. The molecule has 0 saturated heterocycles. The topological polar surface area (TPSA) is 47.3 Å². The zero-order chi connectivity index (χ0) is 13.8. The van der Waals surface area contributed by atoms with Gasteiger partial charge in [-0.1, -0.05) is 17.7 Å². The van der Waals surface area contributed by atoms with Crippen LogP contribution in [0.2, 0.25) is 0 Å². The van der Waals surface area contributed by atoms with Crippen molar-refractivity contribution in [1.29, 1.82) is 0 Å². The first kappa shape index (κ1) is 13.2. The van der Waals surface area contributed by atoms with Gasteiger partial charge in [0.1, 0.15) is 0 Å². The first-order valence-corrected chi connectivity index (χ1v) is 6.15. The third-order valence-electron chi connectivity index (χ3n) is 2.73. The fraction of sp³-hybridized carbons (Fsp3) is 0.200. The summed E-state index contributed by atoms with van der Waals surface area (Å²) in [5, 5.41) is 3.15. The highest BCUT2D eigenvalue weighted by Gasteiger charge is 2.09. The molecule has 19 heavy (non-hydrogen) atoms. The molecule has 0 amide bonds. The lowest BCUT2D eigenvalue weighted by Crippen LogP contribution is -2.01. The summed E-state index contributed by atoms with van der Waals surface area (Å²) in [6, 6.07) is 10.7. The first-order chi connectivity index (χ1) is 9.10. The van der Waals surface area contributed by atoms with Crippen LogP contribution >= 0.6 is 0 Å². The van der Waals surface area contributed by atoms with Crippen molar-refractivity contribution in [2.24, 2.45) is 0 Å². The Balaban J connectivity index is 2.28. The maximum atomic E-state index is 13.6. The van der Waals surface area contributed by atoms with Crippen LogP contribution in [-0.4, -0.2) is 6.61 Å². The maximum Gasteiger partial charge on any atom is 0.167 e. The third-order valence-corrected chi connectivity index (χ3v) is 2.73. The summed E-state index contributed by atoms with van der Waals surface area (Å²) < 4.78 is 18.8. The lowest BCUT2D eigenvalue weighted by atomic mass is 10.2. The summed E-state index contributed by atoms with van der Waals surface area (Å²) in [6.07, 6.45) is 0. The lowest BCUT2D eigenvalue weighted by molar-refractivity contribution is 0.322. The largest absolute Gasteiger partial charge is 0.491 e. The standard InChI is InChI=1S/C15H17FN2O/c1-3-19-15-9-14(13(17)8-12(15)16)18-11-6-4-10(2)5-7-11/h4-9,18H,3,17H2,1-2H3. The van der Waals surface area contributed by atoms with Crippen LogP contribution in [0.1, 0.15) is 12.5 Å². The van der Waals surface area contributed by atoms with Crippen molar-refractivity contribution in [2.45, 2.75) is 13.8 Å². The normalized spacial score (nSPS) is 10.3. The van der Waals surface area contributed by atoms with Crippen molar-refractivity contribution in [1.82, 2.24) is 0 Å². The number of hydrogen-bond acceptors (Lipinski definition) is 3. The molecule has 0 spiro atoms. The number of benzene rings is 2. The van der Waals surface area contributed by atoms with E-state index in [0.717, 1.165) is 5.69 Å². The predicted molar refractivity (Wildman–Crippen MR) is 76.4 cm³/mol. The minimum absolute atomic E-state index is 0.200. The van der Waals surface area contributed by atoms with Gasteiger partial charge in [0.2, 0.25) is 0 Å². The second-order valence-corrected chi connectivity index (χ2v) is 4.29. The van der Waals surface area contributed by atoms with Crippen molar-refractivity contribution in [3.05, 3.63) is 47.8 Å². The molecule has 100 valence electrons. The first-order valence-electron chi connectivity index (χ1n) is 6.15. The molecule has 4 heteroatoms. The molecule has 0 atom stereocenters. The molecule has 2 aromatic carbocycles. The average molecular weight is 260 g/mol. The third kappa shape index (κ3) is 3.16. The number of nitrogen functional groups attached to an aromatic ring is 1. The Morgan fingerprint density at radius 1 is 1.21 bits per heavy atom. The zero-order valence-corrected chi connectivity index (χ0v) is 11.0. The predicted octanol–water partition coefficient (Wildman–Crippen LogP) is 3.86. The van der Waals surface area contributed by atoms with Gasteiger partial charge in [0.15, 0.2) is 11.6 Å². The van der Waals surface area contributed by atoms with E-state index in [9.17, 15) is 4.39 Å². The van der Waals surface area contributed by atoms with Crippen LogP contribution in [-0.2, 0) is 0 Å². The van der Waals surface area contributed by atoms with Crippen LogP contribution in [0.4, 0.5) is 21.5 Å². The summed E-state index contributed by atoms with van der Waals surface area (Å²) in [6.45, 7) is 4.23. The monoisotopic (exact) mass is 260 g/mol. The van der Waals surface area contributed by atoms with Crippen LogP contribution in [0.3, 0.4) is 0 Å². The van der Waals surface area contributed by atoms with E-state index < -0.39 is 5.82 Å². The number of hydrogen-bond donors (Lipinski definition) is 2. The fourth-order valence-corrected chi connectivity index (χ4v) is 1.74. The summed E-state index contributed by atoms with van der Waals surface area (Å²) in [4.78, 5) is 0. The second kappa shape index (κ2) is 5.61. The van der Waals surface area contributed by atoms with Gasteiger partial charge in [-0.05, 0) is 26.0 Å². The van der Waals surface area contributed by atoms with E-state index in [0.29, 0.717) is 18.0 Å². The van der Waals surface area contributed by atoms with Gasteiger partial charge in [0.05, 0.1) is 18.0 Å². The molecule has 0 aromatic heterocycles. The Morgan fingerprint density at radius 3 is 2.53 bits per heavy atom. The Hall–Kier alpha value is -2.23. The van der Waals surface area contributed by atoms with Crippen LogP contribution in [0, 0.1) is 12.7 Å². The Kier molecular flexibility index (Phi) is 3.90. The van der Waals surface area contributed by atoms with Crippen molar-refractivity contribution in [3.63, 3.8) is 0 Å². The molecule has 0 aliphatic carbocycles. The summed E-state index contributed by atoms with van der Waals surface area (Å²) >= 11 is 0. The van der Waals surface area contributed by atoms with E-state index in [1.165, 1.54) is 11.6 Å². The molecule has 0 fully saturated rings. The Bertz CT molecular complexity index is 567. The number of nitrogens with two attached hydrogens (primary N) is 1. The number of aryl methyl sites for hydroxylation is 1. The fourth-order valence-electron chi connectivity index (χ4n) is 1.74. The van der Waals surface area contributed by atoms with Crippen LogP contribution < -0.4 is 15.8 Å². The van der Waals surface area contributed by atoms with Crippen LogP contribution in [0.25, 0.3) is 0 Å². The molecule has 0 aliphatic rings. The second-order valence-electron chi connectivity index (χ2n) is 4.29. The Labute approximate surface area is 112 Å². The van der Waals surface area contributed by atoms with Crippen molar-refractivity contribution < 1.29 is 9.13 Å². The molecule has 0 saturated carbocycles. The minimum atomic E-state index is -0.450. The van der Waals surface area contributed by atoms with Gasteiger partial charge in [0, 0.05) is 17.8 Å². The van der Waals surface area contributed by atoms with Gasteiger partial charge in [-0.3, -0.25) is 0 Å². The SMILES string of the molecule is CCOc1cc(Nc2ccc(C)cc2)c(N)cc1F. The van der Waals surface area contributed by atoms with Gasteiger partial charge in [0.25, 0.3) is 0 Å². The lowest BCUT2D eigenvalue weighted by Gasteiger charge is -2.12. The van der Waals surface area contributed by atoms with E-state index in [2.05, 4.69) is 5.32 Å². The minimum Gasteiger partial charge on any atom is -0.491 e. The van der Waals surface area contributed by atoms with Gasteiger partial charge in [-0.15, -0.1) is 0 Å². The van der Waals surface area contributed by atoms with Gasteiger partial charge < -0.3 is 15.8 Å². The van der Waals surface area contributed by atoms with Crippen molar-refractivity contribution in [3.8, 4) is 5.75 Å². The average Bonchev–Trinajstić information content (AvgIpc) is 2.38. The number of halogens is 1. The summed E-state index contributed by atoms with van der Waals surface area (Å²) in [5.74, 6) is -0.250. The molecule has 0 aliphatic heterocycles. The van der Waals surface area contributed by atoms with Gasteiger partial charge in [-0.2, -0.15) is 0 Å². The molecule has 3 N–H and O–H groups in total. The number of ether oxygens (including phenoxy) is 1. The highest BCUT2D eigenvalue weighted by Crippen LogP contribution is 2.30. The maximum absolute atomic E-state index is 13.6. The summed E-state index contributed by atoms with van der Waals surface area (Å²) in [7, 11) is 0. The van der Waals surface area contributed by atoms with E-state index >= 15 is 0 Å². The highest BCUT2D eigenvalue weighted by atomic mass is 19.1. The molecule has 0 radical (unpaired) electrons. The number of rotatable bonds is 4. The molecular formula is C15H17FN2O. The molecule has 0 unspecified atom stereocenters. The Morgan fingerprint density at radius 2 is 1.89 bits per heavy atom. The highest BCUT2D eigenvalue weighted by molar-refractivity contribution is 5.74. The van der Waals surface area contributed by atoms with Crippen molar-refractivity contribution >= 4 is 17.1 Å². The molecule has 3 nitrogen and oxygen atoms in total. The van der Waals surface area contributed by atoms with E-state index in [1.54, 1.807) is 6.07 Å². The van der Waals surface area contributed by atoms with Crippen molar-refractivity contribution in [2.75, 3.05) is 17.7 Å². The van der Waals surface area contributed by atoms with E-state index in [-0.39, 0.29) is 5.75 Å². The molecule has 0 heterocycles. The zero-order valence-electron chi connectivity index (χ0n) is 11.0. The van der Waals surface area contributed by atoms with E-state index in [4.69, 9.17) is 10.5 Å². The molecule has 2 aromatic rings. The number of nitrogens with one attached hydrogen (secondary N) is 1. The molecule has 2 rings (SSSR count). The van der Waals surface area contributed by atoms with Crippen LogP contribution in [0.15, 0.2) is 36.4 Å². The van der Waals surface area contributed by atoms with Gasteiger partial charge in [-0.25, -0.2) is 4.39 Å². The summed E-state index contributed by atoms with van der Waals surface area (Å²) in [5.41, 5.74) is 8.86. The van der Waals surface area contributed by atoms with Crippen LogP contribution in [0.5, 0.6) is 5.75 Å².